The minimum atomic E-state index is -0.652. The van der Waals surface area contributed by atoms with Crippen molar-refractivity contribution in [3.8, 4) is 11.3 Å². The summed E-state index contributed by atoms with van der Waals surface area (Å²) in [7, 11) is 0. The van der Waals surface area contributed by atoms with Crippen LogP contribution in [0.3, 0.4) is 0 Å². The molecule has 3 aromatic carbocycles. The predicted octanol–water partition coefficient (Wildman–Crippen LogP) is 5.50. The van der Waals surface area contributed by atoms with E-state index < -0.39 is 23.5 Å². The Hall–Kier alpha value is -5.45. The second kappa shape index (κ2) is 14.9. The van der Waals surface area contributed by atoms with Crippen molar-refractivity contribution in [2.45, 2.75) is 82.6 Å². The van der Waals surface area contributed by atoms with Gasteiger partial charge in [-0.25, -0.2) is 9.78 Å². The van der Waals surface area contributed by atoms with Gasteiger partial charge in [0.15, 0.2) is 0 Å². The van der Waals surface area contributed by atoms with Crippen molar-refractivity contribution in [1.82, 2.24) is 30.4 Å². The molecule has 276 valence electrons. The standard InChI is InChI=1S/C42H48N6O5/c1-26(44-41(52)53-42(2,3)4)21-47-24-37(43-25-47)29-15-17-30(18-16-29)40(51)48-22-33(38(49)45-35-19-31(35)27-11-7-5-8-12-27)34(23-48)39(50)46-36-20-32(36)28-13-9-6-10-14-28/h5-18,24-26,31-36H,19-23H2,1-4H3,(H,44,52)(H,45,49)(H,46,50)/t26-,31-,32-,33-,34-,35+,36+/m1/s1. The fourth-order valence-electron chi connectivity index (χ4n) is 7.37. The number of nitrogens with zero attached hydrogens (tertiary/aromatic N) is 3. The number of hydrogen-bond acceptors (Lipinski definition) is 6. The van der Waals surface area contributed by atoms with Gasteiger partial charge in [-0.05, 0) is 63.8 Å². The third-order valence-corrected chi connectivity index (χ3v) is 10.3. The highest BCUT2D eigenvalue weighted by Crippen LogP contribution is 2.42. The second-order valence-corrected chi connectivity index (χ2v) is 15.7. The Labute approximate surface area is 310 Å². The summed E-state index contributed by atoms with van der Waals surface area (Å²) < 4.78 is 7.24. The van der Waals surface area contributed by atoms with Gasteiger partial charge in [0.05, 0.1) is 23.9 Å². The fraction of sp³-hybridized carbons (Fsp3) is 0.405. The van der Waals surface area contributed by atoms with E-state index in [0.717, 1.165) is 24.1 Å². The largest absolute Gasteiger partial charge is 0.444 e. The maximum absolute atomic E-state index is 13.9. The summed E-state index contributed by atoms with van der Waals surface area (Å²) in [5, 5.41) is 9.23. The Morgan fingerprint density at radius 2 is 1.32 bits per heavy atom. The van der Waals surface area contributed by atoms with Crippen LogP contribution in [0.25, 0.3) is 11.3 Å². The first-order valence-electron chi connectivity index (χ1n) is 18.5. The van der Waals surface area contributed by atoms with Gasteiger partial charge in [0, 0.05) is 66.9 Å². The van der Waals surface area contributed by atoms with Gasteiger partial charge in [-0.15, -0.1) is 0 Å². The van der Waals surface area contributed by atoms with Crippen LogP contribution >= 0.6 is 0 Å². The number of carbonyl (C=O) groups excluding carboxylic acids is 4. The fourth-order valence-corrected chi connectivity index (χ4v) is 7.37. The molecule has 2 saturated carbocycles. The molecule has 0 unspecified atom stereocenters. The summed E-state index contributed by atoms with van der Waals surface area (Å²) in [6.45, 7) is 8.19. The number of aromatic nitrogens is 2. The highest BCUT2D eigenvalue weighted by atomic mass is 16.6. The molecule has 53 heavy (non-hydrogen) atoms. The van der Waals surface area contributed by atoms with Crippen LogP contribution in [0, 0.1) is 11.8 Å². The molecule has 11 nitrogen and oxygen atoms in total. The number of imidazole rings is 1. The highest BCUT2D eigenvalue weighted by Gasteiger charge is 2.49. The molecule has 1 saturated heterocycles. The van der Waals surface area contributed by atoms with Crippen molar-refractivity contribution in [3.63, 3.8) is 0 Å². The van der Waals surface area contributed by atoms with Crippen LogP contribution in [0.4, 0.5) is 4.79 Å². The lowest BCUT2D eigenvalue weighted by atomic mass is 9.94. The number of carbonyl (C=O) groups is 4. The van der Waals surface area contributed by atoms with Crippen LogP contribution in [-0.4, -0.2) is 75.1 Å². The SMILES string of the molecule is C[C@H](Cn1cnc(-c2ccc(C(=O)N3C[C@@H](C(=O)N[C@H]4C[C@@H]4c4ccccc4)[C@H](C(=O)N[C@H]4C[C@@H]4c4ccccc4)C3)cc2)c1)NC(=O)OC(C)(C)C. The minimum Gasteiger partial charge on any atom is -0.444 e. The molecule has 4 aromatic rings. The third-order valence-electron chi connectivity index (χ3n) is 10.3. The van der Waals surface area contributed by atoms with Gasteiger partial charge in [-0.3, -0.25) is 14.4 Å². The van der Waals surface area contributed by atoms with Crippen LogP contribution in [0.2, 0.25) is 0 Å². The molecule has 2 aliphatic carbocycles. The molecule has 3 N–H and O–H groups in total. The first-order valence-corrected chi connectivity index (χ1v) is 18.5. The zero-order chi connectivity index (χ0) is 37.3. The van der Waals surface area contributed by atoms with Gasteiger partial charge in [0.1, 0.15) is 5.60 Å². The molecule has 2 heterocycles. The molecular weight excluding hydrogens is 668 g/mol. The van der Waals surface area contributed by atoms with Crippen molar-refractivity contribution in [1.29, 1.82) is 0 Å². The summed E-state index contributed by atoms with van der Waals surface area (Å²) in [5.74, 6) is -1.37. The average Bonchev–Trinajstić information content (AvgIpc) is 3.97. The Morgan fingerprint density at radius 3 is 1.83 bits per heavy atom. The van der Waals surface area contributed by atoms with E-state index in [2.05, 4.69) is 45.2 Å². The van der Waals surface area contributed by atoms with Crippen LogP contribution in [0.15, 0.2) is 97.5 Å². The maximum Gasteiger partial charge on any atom is 0.407 e. The number of rotatable bonds is 11. The van der Waals surface area contributed by atoms with Crippen molar-refractivity contribution in [3.05, 3.63) is 114 Å². The molecule has 3 aliphatic rings. The van der Waals surface area contributed by atoms with E-state index in [1.807, 2.05) is 87.0 Å². The Balaban J connectivity index is 0.992. The number of ether oxygens (including phenoxy) is 1. The Kier molecular flexibility index (Phi) is 10.1. The van der Waals surface area contributed by atoms with Crippen LogP contribution < -0.4 is 16.0 Å². The van der Waals surface area contributed by atoms with Crippen molar-refractivity contribution >= 4 is 23.8 Å². The first-order chi connectivity index (χ1) is 25.4. The van der Waals surface area contributed by atoms with E-state index in [1.165, 1.54) is 11.1 Å². The Bertz CT molecular complexity index is 1860. The average molecular weight is 717 g/mol. The second-order valence-electron chi connectivity index (χ2n) is 15.7. The molecule has 11 heteroatoms. The zero-order valence-corrected chi connectivity index (χ0v) is 30.7. The van der Waals surface area contributed by atoms with Crippen molar-refractivity contribution in [2.75, 3.05) is 13.1 Å². The van der Waals surface area contributed by atoms with E-state index in [1.54, 1.807) is 23.4 Å². The molecule has 1 aliphatic heterocycles. The molecule has 3 fully saturated rings. The van der Waals surface area contributed by atoms with Crippen molar-refractivity contribution < 1.29 is 23.9 Å². The number of nitrogens with one attached hydrogen (secondary N) is 3. The van der Waals surface area contributed by atoms with Gasteiger partial charge in [0.2, 0.25) is 11.8 Å². The number of alkyl carbamates (subject to hydrolysis) is 1. The summed E-state index contributed by atoms with van der Waals surface area (Å²) in [5.41, 5.74) is 3.84. The van der Waals surface area contributed by atoms with E-state index in [-0.39, 0.29) is 60.8 Å². The van der Waals surface area contributed by atoms with E-state index in [4.69, 9.17) is 4.74 Å². The number of benzene rings is 3. The smallest absolute Gasteiger partial charge is 0.407 e. The summed E-state index contributed by atoms with van der Waals surface area (Å²) in [6.07, 6.45) is 4.84. The monoisotopic (exact) mass is 716 g/mol. The Morgan fingerprint density at radius 1 is 0.792 bits per heavy atom. The number of amides is 4. The topological polar surface area (TPSA) is 135 Å². The van der Waals surface area contributed by atoms with E-state index in [0.29, 0.717) is 12.1 Å². The minimum absolute atomic E-state index is 0.0183. The zero-order valence-electron chi connectivity index (χ0n) is 30.7. The molecule has 4 amide bonds. The summed E-state index contributed by atoms with van der Waals surface area (Å²) in [6, 6.07) is 27.3. The molecule has 0 spiro atoms. The molecule has 7 rings (SSSR count). The number of hydrogen-bond donors (Lipinski definition) is 3. The van der Waals surface area contributed by atoms with Gasteiger partial charge in [-0.2, -0.15) is 0 Å². The van der Waals surface area contributed by atoms with Crippen molar-refractivity contribution in [2.24, 2.45) is 11.8 Å². The summed E-state index contributed by atoms with van der Waals surface area (Å²) in [4.78, 5) is 59.8. The lowest BCUT2D eigenvalue weighted by molar-refractivity contribution is -0.133. The molecular formula is C42H48N6O5. The lowest BCUT2D eigenvalue weighted by Gasteiger charge is -2.22. The summed E-state index contributed by atoms with van der Waals surface area (Å²) >= 11 is 0. The highest BCUT2D eigenvalue weighted by molar-refractivity contribution is 5.97. The van der Waals surface area contributed by atoms with Gasteiger partial charge in [0.25, 0.3) is 5.91 Å². The molecule has 0 radical (unpaired) electrons. The molecule has 7 atom stereocenters. The lowest BCUT2D eigenvalue weighted by Crippen LogP contribution is -2.43. The third kappa shape index (κ3) is 8.79. The van der Waals surface area contributed by atoms with E-state index in [9.17, 15) is 19.2 Å². The van der Waals surface area contributed by atoms with Gasteiger partial charge < -0.3 is 30.2 Å². The molecule has 1 aromatic heterocycles. The number of likely N-dealkylation sites (tertiary alicyclic amines) is 1. The van der Waals surface area contributed by atoms with Crippen LogP contribution in [0.5, 0.6) is 0 Å². The van der Waals surface area contributed by atoms with E-state index >= 15 is 0 Å². The van der Waals surface area contributed by atoms with Gasteiger partial charge in [-0.1, -0.05) is 72.8 Å². The normalized spacial score (nSPS) is 23.8. The quantitative estimate of drug-likeness (QED) is 0.188. The van der Waals surface area contributed by atoms with Gasteiger partial charge >= 0.3 is 6.09 Å². The predicted molar refractivity (Wildman–Crippen MR) is 201 cm³/mol. The van der Waals surface area contributed by atoms with Crippen LogP contribution in [-0.2, 0) is 20.9 Å². The first kappa shape index (κ1) is 35.9. The van der Waals surface area contributed by atoms with Crippen LogP contribution in [0.1, 0.15) is 73.9 Å². The molecule has 0 bridgehead atoms. The maximum atomic E-state index is 13.9.